The number of aromatic nitrogens is 2. The van der Waals surface area contributed by atoms with Crippen LogP contribution in [0.3, 0.4) is 0 Å². The van der Waals surface area contributed by atoms with Crippen molar-refractivity contribution in [3.05, 3.63) is 86.6 Å². The first-order valence-electron chi connectivity index (χ1n) is 10.1. The number of hydrogen-bond donors (Lipinski definition) is 2. The smallest absolute Gasteiger partial charge is 0.330 e. The number of hydrogen-bond acceptors (Lipinski definition) is 5. The van der Waals surface area contributed by atoms with Crippen LogP contribution in [-0.2, 0) is 11.3 Å². The molecule has 0 aliphatic rings. The van der Waals surface area contributed by atoms with E-state index in [9.17, 15) is 14.4 Å². The summed E-state index contributed by atoms with van der Waals surface area (Å²) in [6.45, 7) is 4.42. The van der Waals surface area contributed by atoms with Crippen molar-refractivity contribution in [1.29, 1.82) is 0 Å². The number of H-pyrrole nitrogens is 1. The fraction of sp³-hybridized carbons (Fsp3) is 0.261. The van der Waals surface area contributed by atoms with Crippen LogP contribution in [0.2, 0.25) is 0 Å². The number of amides is 1. The number of aryl methyl sites for hydroxylation is 1. The van der Waals surface area contributed by atoms with Crippen LogP contribution < -0.4 is 21.9 Å². The van der Waals surface area contributed by atoms with Gasteiger partial charge in [-0.1, -0.05) is 55.5 Å². The number of benzene rings is 2. The van der Waals surface area contributed by atoms with E-state index in [1.54, 1.807) is 0 Å². The van der Waals surface area contributed by atoms with E-state index in [1.807, 2.05) is 68.4 Å². The van der Waals surface area contributed by atoms with Crippen molar-refractivity contribution < 1.29 is 4.79 Å². The summed E-state index contributed by atoms with van der Waals surface area (Å²) >= 11 is 1.41. The van der Waals surface area contributed by atoms with Crippen LogP contribution in [0.5, 0.6) is 0 Å². The zero-order valence-electron chi connectivity index (χ0n) is 17.6. The summed E-state index contributed by atoms with van der Waals surface area (Å²) in [4.78, 5) is 42.9. The maximum Gasteiger partial charge on any atom is 0.330 e. The number of nitrogens with one attached hydrogen (secondary N) is 1. The Balaban J connectivity index is 1.93. The van der Waals surface area contributed by atoms with Crippen molar-refractivity contribution in [2.75, 3.05) is 22.9 Å². The first-order chi connectivity index (χ1) is 14.9. The number of aromatic amines is 1. The summed E-state index contributed by atoms with van der Waals surface area (Å²) in [6.07, 6.45) is 0.636. The Labute approximate surface area is 184 Å². The van der Waals surface area contributed by atoms with Gasteiger partial charge in [-0.05, 0) is 30.5 Å². The van der Waals surface area contributed by atoms with Crippen LogP contribution >= 0.6 is 11.8 Å². The third-order valence-corrected chi connectivity index (χ3v) is 6.02. The summed E-state index contributed by atoms with van der Waals surface area (Å²) in [6, 6.07) is 17.1. The van der Waals surface area contributed by atoms with Crippen molar-refractivity contribution >= 4 is 29.2 Å². The lowest BCUT2D eigenvalue weighted by molar-refractivity contribution is -0.116. The quantitative estimate of drug-likeness (QED) is 0.527. The minimum atomic E-state index is -0.658. The van der Waals surface area contributed by atoms with Gasteiger partial charge in [-0.25, -0.2) is 4.79 Å². The first kappa shape index (κ1) is 22.4. The van der Waals surface area contributed by atoms with Crippen LogP contribution in [0.4, 0.5) is 11.5 Å². The van der Waals surface area contributed by atoms with E-state index in [1.165, 1.54) is 21.2 Å². The molecule has 162 valence electrons. The standard InChI is InChI=1S/C23H26N4O3S/c1-3-13-26(19(28)15-31-18-12-8-7-9-16(18)2)20-21(24)27(23(30)25-22(20)29)14-17-10-5-4-6-11-17/h4-12H,3,13-15,24H2,1-2H3,(H,25,29,30). The molecule has 3 rings (SSSR count). The van der Waals surface area contributed by atoms with E-state index < -0.39 is 11.2 Å². The van der Waals surface area contributed by atoms with E-state index >= 15 is 0 Å². The zero-order valence-corrected chi connectivity index (χ0v) is 18.4. The molecule has 0 spiro atoms. The molecule has 2 aromatic carbocycles. The number of carbonyl (C=O) groups excluding carboxylic acids is 1. The molecule has 0 saturated carbocycles. The summed E-state index contributed by atoms with van der Waals surface area (Å²) in [5, 5.41) is 0. The fourth-order valence-electron chi connectivity index (χ4n) is 3.28. The molecule has 1 heterocycles. The van der Waals surface area contributed by atoms with Gasteiger partial charge in [0.1, 0.15) is 5.82 Å². The molecule has 1 amide bonds. The van der Waals surface area contributed by atoms with Gasteiger partial charge in [0.25, 0.3) is 5.56 Å². The van der Waals surface area contributed by atoms with Crippen molar-refractivity contribution in [3.8, 4) is 0 Å². The lowest BCUT2D eigenvalue weighted by Gasteiger charge is -2.24. The predicted octanol–water partition coefficient (Wildman–Crippen LogP) is 3.01. The van der Waals surface area contributed by atoms with Crippen molar-refractivity contribution in [3.63, 3.8) is 0 Å². The molecule has 0 atom stereocenters. The number of carbonyl (C=O) groups is 1. The molecular formula is C23H26N4O3S. The topological polar surface area (TPSA) is 101 Å². The summed E-state index contributed by atoms with van der Waals surface area (Å²) in [7, 11) is 0. The van der Waals surface area contributed by atoms with E-state index in [-0.39, 0.29) is 29.7 Å². The Kier molecular flexibility index (Phi) is 7.36. The predicted molar refractivity (Wildman–Crippen MR) is 126 cm³/mol. The summed E-state index contributed by atoms with van der Waals surface area (Å²) in [5.41, 5.74) is 6.97. The number of anilines is 2. The monoisotopic (exact) mass is 438 g/mol. The number of nitrogens with zero attached hydrogens (tertiary/aromatic N) is 2. The number of nitrogens with two attached hydrogens (primary N) is 1. The van der Waals surface area contributed by atoms with Gasteiger partial charge in [0.15, 0.2) is 5.69 Å². The number of rotatable bonds is 8. The normalized spacial score (nSPS) is 10.8. The molecular weight excluding hydrogens is 412 g/mol. The third kappa shape index (κ3) is 5.27. The highest BCUT2D eigenvalue weighted by molar-refractivity contribution is 8.00. The van der Waals surface area contributed by atoms with Crippen LogP contribution in [0.15, 0.2) is 69.1 Å². The second-order valence-corrected chi connectivity index (χ2v) is 8.18. The molecule has 31 heavy (non-hydrogen) atoms. The second kappa shape index (κ2) is 10.2. The summed E-state index contributed by atoms with van der Waals surface area (Å²) in [5.74, 6) is -0.0980. The molecule has 0 unspecified atom stereocenters. The lowest BCUT2D eigenvalue weighted by Crippen LogP contribution is -2.42. The van der Waals surface area contributed by atoms with Gasteiger partial charge in [0, 0.05) is 11.4 Å². The van der Waals surface area contributed by atoms with E-state index in [0.717, 1.165) is 16.0 Å². The van der Waals surface area contributed by atoms with E-state index in [4.69, 9.17) is 5.73 Å². The van der Waals surface area contributed by atoms with Gasteiger partial charge in [-0.15, -0.1) is 11.8 Å². The highest BCUT2D eigenvalue weighted by Crippen LogP contribution is 2.24. The van der Waals surface area contributed by atoms with Crippen molar-refractivity contribution in [1.82, 2.24) is 9.55 Å². The Hall–Kier alpha value is -3.26. The molecule has 0 aliphatic heterocycles. The van der Waals surface area contributed by atoms with Crippen molar-refractivity contribution in [2.45, 2.75) is 31.7 Å². The third-order valence-electron chi connectivity index (χ3n) is 4.86. The SMILES string of the molecule is CCCN(C(=O)CSc1ccccc1C)c1c(N)n(Cc2ccccc2)c(=O)[nH]c1=O. The minimum absolute atomic E-state index is 0.0136. The largest absolute Gasteiger partial charge is 0.383 e. The average Bonchev–Trinajstić information content (AvgIpc) is 2.76. The van der Waals surface area contributed by atoms with Crippen molar-refractivity contribution in [2.24, 2.45) is 0 Å². The van der Waals surface area contributed by atoms with E-state index in [2.05, 4.69) is 4.98 Å². The number of thioether (sulfide) groups is 1. The molecule has 0 radical (unpaired) electrons. The maximum absolute atomic E-state index is 13.1. The Morgan fingerprint density at radius 2 is 1.77 bits per heavy atom. The minimum Gasteiger partial charge on any atom is -0.383 e. The van der Waals surface area contributed by atoms with Gasteiger partial charge in [-0.2, -0.15) is 0 Å². The molecule has 3 N–H and O–H groups in total. The van der Waals surface area contributed by atoms with Gasteiger partial charge >= 0.3 is 5.69 Å². The molecule has 3 aromatic rings. The summed E-state index contributed by atoms with van der Waals surface area (Å²) < 4.78 is 1.29. The molecule has 0 fully saturated rings. The Bertz CT molecular complexity index is 1170. The average molecular weight is 439 g/mol. The first-order valence-corrected chi connectivity index (χ1v) is 11.1. The maximum atomic E-state index is 13.1. The second-order valence-electron chi connectivity index (χ2n) is 7.16. The fourth-order valence-corrected chi connectivity index (χ4v) is 4.19. The number of nitrogen functional groups attached to an aromatic ring is 1. The van der Waals surface area contributed by atoms with Crippen LogP contribution in [0, 0.1) is 6.92 Å². The van der Waals surface area contributed by atoms with E-state index in [0.29, 0.717) is 13.0 Å². The van der Waals surface area contributed by atoms with Gasteiger partial charge < -0.3 is 10.6 Å². The van der Waals surface area contributed by atoms with Gasteiger partial charge in [0.2, 0.25) is 5.91 Å². The Morgan fingerprint density at radius 3 is 2.45 bits per heavy atom. The zero-order chi connectivity index (χ0) is 22.4. The molecule has 7 nitrogen and oxygen atoms in total. The molecule has 0 bridgehead atoms. The highest BCUT2D eigenvalue weighted by atomic mass is 32.2. The molecule has 1 aromatic heterocycles. The molecule has 8 heteroatoms. The van der Waals surface area contributed by atoms with Crippen LogP contribution in [0.25, 0.3) is 0 Å². The van der Waals surface area contributed by atoms with Crippen LogP contribution in [0.1, 0.15) is 24.5 Å². The molecule has 0 aliphatic carbocycles. The molecule has 0 saturated heterocycles. The van der Waals surface area contributed by atoms with Gasteiger partial charge in [0.05, 0.1) is 12.3 Å². The highest BCUT2D eigenvalue weighted by Gasteiger charge is 2.24. The van der Waals surface area contributed by atoms with Crippen LogP contribution in [-0.4, -0.2) is 27.8 Å². The van der Waals surface area contributed by atoms with Gasteiger partial charge in [-0.3, -0.25) is 19.1 Å². The lowest BCUT2D eigenvalue weighted by atomic mass is 10.2. The Morgan fingerprint density at radius 1 is 1.10 bits per heavy atom.